The summed E-state index contributed by atoms with van der Waals surface area (Å²) in [6, 6.07) is 7.19. The zero-order valence-corrected chi connectivity index (χ0v) is 12.8. The fourth-order valence-corrected chi connectivity index (χ4v) is 3.09. The molecule has 1 aliphatic rings. The molecule has 1 amide bonds. The summed E-state index contributed by atoms with van der Waals surface area (Å²) in [6.07, 6.45) is 6.12. The minimum atomic E-state index is -0.0391. The van der Waals surface area contributed by atoms with E-state index in [2.05, 4.69) is 12.2 Å². The Morgan fingerprint density at radius 2 is 2.00 bits per heavy atom. The van der Waals surface area contributed by atoms with Gasteiger partial charge in [0.2, 0.25) is 0 Å². The molecule has 0 bridgehead atoms. The molecule has 1 fully saturated rings. The molecule has 4 heteroatoms. The van der Waals surface area contributed by atoms with Crippen LogP contribution < -0.4 is 11.1 Å². The van der Waals surface area contributed by atoms with Crippen molar-refractivity contribution in [1.82, 2.24) is 5.32 Å². The second-order valence-electron chi connectivity index (χ2n) is 5.69. The molecule has 1 aliphatic carbocycles. The van der Waals surface area contributed by atoms with Gasteiger partial charge in [-0.15, -0.1) is 0 Å². The lowest BCUT2D eigenvalue weighted by Gasteiger charge is -2.27. The van der Waals surface area contributed by atoms with E-state index in [0.717, 1.165) is 18.5 Å². The molecule has 0 aliphatic heterocycles. The molecule has 1 aromatic rings. The van der Waals surface area contributed by atoms with Crippen LogP contribution in [0.5, 0.6) is 0 Å². The molecule has 1 aromatic carbocycles. The minimum Gasteiger partial charge on any atom is -0.389 e. The Kier molecular flexibility index (Phi) is 4.76. The fraction of sp³-hybridized carbons (Fsp3) is 0.500. The van der Waals surface area contributed by atoms with Gasteiger partial charge in [0.15, 0.2) is 0 Å². The molecule has 0 heterocycles. The van der Waals surface area contributed by atoms with Crippen molar-refractivity contribution < 1.29 is 4.79 Å². The normalized spacial score (nSPS) is 16.9. The summed E-state index contributed by atoms with van der Waals surface area (Å²) in [7, 11) is 0. The highest BCUT2D eigenvalue weighted by molar-refractivity contribution is 7.80. The summed E-state index contributed by atoms with van der Waals surface area (Å²) in [6.45, 7) is 2.98. The van der Waals surface area contributed by atoms with Crippen molar-refractivity contribution in [3.8, 4) is 0 Å². The molecule has 108 valence electrons. The van der Waals surface area contributed by atoms with Crippen LogP contribution in [0.25, 0.3) is 0 Å². The first-order chi connectivity index (χ1) is 9.56. The minimum absolute atomic E-state index is 0.0391. The Hall–Kier alpha value is -1.42. The Morgan fingerprint density at radius 3 is 2.60 bits per heavy atom. The fourth-order valence-electron chi connectivity index (χ4n) is 2.96. The van der Waals surface area contributed by atoms with Crippen molar-refractivity contribution in [3.63, 3.8) is 0 Å². The summed E-state index contributed by atoms with van der Waals surface area (Å²) >= 11 is 4.94. The number of benzene rings is 1. The number of nitrogens with two attached hydrogens (primary N) is 1. The third-order valence-corrected chi connectivity index (χ3v) is 4.68. The maximum absolute atomic E-state index is 12.2. The predicted octanol–water partition coefficient (Wildman–Crippen LogP) is 3.02. The molecule has 2 rings (SSSR count). The maximum Gasteiger partial charge on any atom is 0.251 e. The number of hydrogen-bond acceptors (Lipinski definition) is 2. The standard InChI is InChI=1S/C16H22N2OS/c1-2-16(8-3-4-9-16)11-18-15(19)13-7-5-6-12(10-13)14(17)20/h5-7,10H,2-4,8-9,11H2,1H3,(H2,17,20)(H,18,19). The number of amides is 1. The van der Waals surface area contributed by atoms with Gasteiger partial charge < -0.3 is 11.1 Å². The number of carbonyl (C=O) groups excluding carboxylic acids is 1. The number of hydrogen-bond donors (Lipinski definition) is 2. The molecule has 0 atom stereocenters. The van der Waals surface area contributed by atoms with Crippen molar-refractivity contribution in [2.24, 2.45) is 11.1 Å². The van der Waals surface area contributed by atoms with Crippen LogP contribution in [0.4, 0.5) is 0 Å². The van der Waals surface area contributed by atoms with Gasteiger partial charge in [-0.05, 0) is 36.8 Å². The largest absolute Gasteiger partial charge is 0.389 e. The van der Waals surface area contributed by atoms with Gasteiger partial charge in [-0.2, -0.15) is 0 Å². The topological polar surface area (TPSA) is 55.1 Å². The molecule has 0 saturated heterocycles. The van der Waals surface area contributed by atoms with Crippen molar-refractivity contribution in [1.29, 1.82) is 0 Å². The van der Waals surface area contributed by atoms with Crippen LogP contribution in [0, 0.1) is 5.41 Å². The Balaban J connectivity index is 2.01. The van der Waals surface area contributed by atoms with E-state index in [1.807, 2.05) is 12.1 Å². The molecule has 3 nitrogen and oxygen atoms in total. The average Bonchev–Trinajstić information content (AvgIpc) is 2.94. The molecule has 0 unspecified atom stereocenters. The molecule has 0 aromatic heterocycles. The first-order valence-corrected chi connectivity index (χ1v) is 7.65. The van der Waals surface area contributed by atoms with Crippen molar-refractivity contribution in [2.45, 2.75) is 39.0 Å². The molecule has 0 radical (unpaired) electrons. The van der Waals surface area contributed by atoms with Gasteiger partial charge in [-0.1, -0.05) is 44.1 Å². The number of nitrogens with one attached hydrogen (secondary N) is 1. The molecular weight excluding hydrogens is 268 g/mol. The van der Waals surface area contributed by atoms with E-state index in [4.69, 9.17) is 18.0 Å². The molecule has 1 saturated carbocycles. The lowest BCUT2D eigenvalue weighted by Crippen LogP contribution is -2.35. The average molecular weight is 290 g/mol. The van der Waals surface area contributed by atoms with Gasteiger partial charge in [0.1, 0.15) is 4.99 Å². The van der Waals surface area contributed by atoms with Crippen LogP contribution in [0.2, 0.25) is 0 Å². The second-order valence-corrected chi connectivity index (χ2v) is 6.13. The third-order valence-electron chi connectivity index (χ3n) is 4.45. The van der Waals surface area contributed by atoms with Crippen LogP contribution in [-0.2, 0) is 0 Å². The molecule has 3 N–H and O–H groups in total. The lowest BCUT2D eigenvalue weighted by atomic mass is 9.83. The summed E-state index contributed by atoms with van der Waals surface area (Å²) in [5.74, 6) is -0.0391. The Morgan fingerprint density at radius 1 is 1.35 bits per heavy atom. The first-order valence-electron chi connectivity index (χ1n) is 7.24. The van der Waals surface area contributed by atoms with Crippen molar-refractivity contribution in [3.05, 3.63) is 35.4 Å². The van der Waals surface area contributed by atoms with E-state index in [-0.39, 0.29) is 5.91 Å². The quantitative estimate of drug-likeness (QED) is 0.820. The molecule has 20 heavy (non-hydrogen) atoms. The van der Waals surface area contributed by atoms with Gasteiger partial charge in [-0.25, -0.2) is 0 Å². The zero-order chi connectivity index (χ0) is 14.6. The van der Waals surface area contributed by atoms with E-state index in [1.54, 1.807) is 12.1 Å². The van der Waals surface area contributed by atoms with Gasteiger partial charge >= 0.3 is 0 Å². The van der Waals surface area contributed by atoms with Crippen LogP contribution in [-0.4, -0.2) is 17.4 Å². The van der Waals surface area contributed by atoms with Crippen LogP contribution in [0.1, 0.15) is 54.9 Å². The summed E-state index contributed by atoms with van der Waals surface area (Å²) in [5.41, 5.74) is 7.26. The second kappa shape index (κ2) is 6.35. The number of rotatable bonds is 5. The smallest absolute Gasteiger partial charge is 0.251 e. The molecule has 0 spiro atoms. The lowest BCUT2D eigenvalue weighted by molar-refractivity contribution is 0.0929. The third kappa shape index (κ3) is 3.37. The van der Waals surface area contributed by atoms with Crippen LogP contribution in [0.3, 0.4) is 0 Å². The number of thiocarbonyl (C=S) groups is 1. The molecular formula is C16H22N2OS. The van der Waals surface area contributed by atoms with Gasteiger partial charge in [0.05, 0.1) is 0 Å². The highest BCUT2D eigenvalue weighted by atomic mass is 32.1. The van der Waals surface area contributed by atoms with Crippen molar-refractivity contribution in [2.75, 3.05) is 6.54 Å². The highest BCUT2D eigenvalue weighted by Gasteiger charge is 2.32. The monoisotopic (exact) mass is 290 g/mol. The predicted molar refractivity (Wildman–Crippen MR) is 85.9 cm³/mol. The summed E-state index contributed by atoms with van der Waals surface area (Å²) < 4.78 is 0. The van der Waals surface area contributed by atoms with E-state index in [1.165, 1.54) is 25.7 Å². The first kappa shape index (κ1) is 15.0. The van der Waals surface area contributed by atoms with Gasteiger partial charge in [-0.3, -0.25) is 4.79 Å². The maximum atomic E-state index is 12.2. The van der Waals surface area contributed by atoms with E-state index < -0.39 is 0 Å². The van der Waals surface area contributed by atoms with Crippen LogP contribution >= 0.6 is 12.2 Å². The van der Waals surface area contributed by atoms with Gasteiger partial charge in [0.25, 0.3) is 5.91 Å². The van der Waals surface area contributed by atoms with E-state index in [0.29, 0.717) is 16.0 Å². The SMILES string of the molecule is CCC1(CNC(=O)c2cccc(C(N)=S)c2)CCCC1. The van der Waals surface area contributed by atoms with Crippen LogP contribution in [0.15, 0.2) is 24.3 Å². The number of carbonyl (C=O) groups is 1. The Bertz CT molecular complexity index is 507. The Labute approximate surface area is 125 Å². The van der Waals surface area contributed by atoms with E-state index >= 15 is 0 Å². The van der Waals surface area contributed by atoms with E-state index in [9.17, 15) is 4.79 Å². The van der Waals surface area contributed by atoms with Gasteiger partial charge in [0, 0.05) is 17.7 Å². The summed E-state index contributed by atoms with van der Waals surface area (Å²) in [4.78, 5) is 12.6. The zero-order valence-electron chi connectivity index (χ0n) is 11.9. The highest BCUT2D eigenvalue weighted by Crippen LogP contribution is 2.40. The van der Waals surface area contributed by atoms with Crippen molar-refractivity contribution >= 4 is 23.1 Å². The summed E-state index contributed by atoms with van der Waals surface area (Å²) in [5, 5.41) is 3.08.